The third kappa shape index (κ3) is 5.73. The Morgan fingerprint density at radius 1 is 1.33 bits per heavy atom. The highest BCUT2D eigenvalue weighted by Crippen LogP contribution is 2.30. The summed E-state index contributed by atoms with van der Waals surface area (Å²) in [5.41, 5.74) is 0.322. The van der Waals surface area contributed by atoms with E-state index < -0.39 is 10.0 Å². The predicted molar refractivity (Wildman–Crippen MR) is 86.6 cm³/mol. The molecule has 118 valence electrons. The third-order valence-corrected chi connectivity index (χ3v) is 4.45. The molecule has 0 saturated carbocycles. The molecule has 0 bridgehead atoms. The fourth-order valence-corrected chi connectivity index (χ4v) is 3.22. The number of nitrogens with zero attached hydrogens (tertiary/aromatic N) is 1. The number of sulfonamides is 1. The average Bonchev–Trinajstić information content (AvgIpc) is 2.37. The van der Waals surface area contributed by atoms with E-state index >= 15 is 0 Å². The van der Waals surface area contributed by atoms with Crippen LogP contribution in [0.2, 0.25) is 10.0 Å². The monoisotopic (exact) mass is 352 g/mol. The number of rotatable bonds is 7. The zero-order valence-electron chi connectivity index (χ0n) is 11.9. The topological polar surface area (TPSA) is 66.5 Å². The Morgan fingerprint density at radius 3 is 2.57 bits per heavy atom. The Hall–Kier alpha value is -0.980. The minimum absolute atomic E-state index is 0.108. The molecule has 1 amide bonds. The second-order valence-electron chi connectivity index (χ2n) is 4.49. The number of nitrogens with one attached hydrogen (secondary N) is 1. The molecule has 0 aliphatic rings. The van der Waals surface area contributed by atoms with Crippen molar-refractivity contribution in [3.05, 3.63) is 28.2 Å². The molecule has 0 spiro atoms. The Bertz CT molecular complexity index is 605. The van der Waals surface area contributed by atoms with Crippen LogP contribution in [0.1, 0.15) is 19.8 Å². The molecule has 0 heterocycles. The van der Waals surface area contributed by atoms with Crippen LogP contribution in [0.4, 0.5) is 5.69 Å². The van der Waals surface area contributed by atoms with Crippen molar-refractivity contribution < 1.29 is 13.2 Å². The van der Waals surface area contributed by atoms with Crippen LogP contribution in [0.3, 0.4) is 0 Å². The Morgan fingerprint density at radius 2 is 2.00 bits per heavy atom. The highest BCUT2D eigenvalue weighted by Gasteiger charge is 2.20. The maximum atomic E-state index is 11.9. The molecule has 0 unspecified atom stereocenters. The van der Waals surface area contributed by atoms with E-state index in [2.05, 4.69) is 5.32 Å². The molecule has 1 aromatic carbocycles. The molecule has 0 radical (unpaired) electrons. The van der Waals surface area contributed by atoms with Crippen molar-refractivity contribution in [3.63, 3.8) is 0 Å². The summed E-state index contributed by atoms with van der Waals surface area (Å²) in [5, 5.41) is 3.35. The summed E-state index contributed by atoms with van der Waals surface area (Å²) in [6.07, 6.45) is 1.73. The van der Waals surface area contributed by atoms with Crippen molar-refractivity contribution in [1.29, 1.82) is 0 Å². The first-order valence-electron chi connectivity index (χ1n) is 6.45. The van der Waals surface area contributed by atoms with Crippen LogP contribution < -0.4 is 9.62 Å². The van der Waals surface area contributed by atoms with E-state index in [1.807, 2.05) is 6.92 Å². The number of benzene rings is 1. The van der Waals surface area contributed by atoms with Gasteiger partial charge in [-0.05, 0) is 31.5 Å². The van der Waals surface area contributed by atoms with E-state index in [-0.39, 0.29) is 18.9 Å². The van der Waals surface area contributed by atoms with Gasteiger partial charge in [-0.15, -0.1) is 0 Å². The van der Waals surface area contributed by atoms with Crippen LogP contribution in [0.25, 0.3) is 0 Å². The first-order chi connectivity index (χ1) is 9.75. The van der Waals surface area contributed by atoms with E-state index in [4.69, 9.17) is 23.2 Å². The van der Waals surface area contributed by atoms with Crippen LogP contribution in [0.15, 0.2) is 18.2 Å². The van der Waals surface area contributed by atoms with E-state index in [1.54, 1.807) is 12.1 Å². The molecule has 0 aliphatic carbocycles. The molecule has 1 N–H and O–H groups in total. The number of anilines is 1. The standard InChI is InChI=1S/C13H18Cl2N2O3S/c1-3-16-13(18)5-4-8-17(21(2,19)20)12-9-10(14)6-7-11(12)15/h6-7,9H,3-5,8H2,1-2H3,(H,16,18). The van der Waals surface area contributed by atoms with E-state index in [9.17, 15) is 13.2 Å². The summed E-state index contributed by atoms with van der Waals surface area (Å²) in [4.78, 5) is 11.4. The normalized spacial score (nSPS) is 11.2. The minimum atomic E-state index is -3.51. The highest BCUT2D eigenvalue weighted by atomic mass is 35.5. The number of amides is 1. The lowest BCUT2D eigenvalue weighted by Crippen LogP contribution is -2.32. The van der Waals surface area contributed by atoms with Gasteiger partial charge in [-0.1, -0.05) is 23.2 Å². The Balaban J connectivity index is 2.88. The zero-order valence-corrected chi connectivity index (χ0v) is 14.2. The number of halogens is 2. The smallest absolute Gasteiger partial charge is 0.232 e. The molecule has 21 heavy (non-hydrogen) atoms. The quantitative estimate of drug-likeness (QED) is 0.820. The van der Waals surface area contributed by atoms with E-state index in [0.29, 0.717) is 28.7 Å². The van der Waals surface area contributed by atoms with Gasteiger partial charge < -0.3 is 5.32 Å². The van der Waals surface area contributed by atoms with Gasteiger partial charge in [0.2, 0.25) is 15.9 Å². The summed E-state index contributed by atoms with van der Waals surface area (Å²) in [6, 6.07) is 4.63. The molecule has 0 aliphatic heterocycles. The van der Waals surface area contributed by atoms with E-state index in [0.717, 1.165) is 6.26 Å². The molecule has 8 heteroatoms. The van der Waals surface area contributed by atoms with Crippen molar-refractivity contribution in [2.75, 3.05) is 23.7 Å². The fraction of sp³-hybridized carbons (Fsp3) is 0.462. The minimum Gasteiger partial charge on any atom is -0.356 e. The van der Waals surface area contributed by atoms with Gasteiger partial charge in [0.1, 0.15) is 0 Å². The molecule has 0 saturated heterocycles. The summed E-state index contributed by atoms with van der Waals surface area (Å²) >= 11 is 11.9. The van der Waals surface area contributed by atoms with Gasteiger partial charge >= 0.3 is 0 Å². The second-order valence-corrected chi connectivity index (χ2v) is 7.24. The first kappa shape index (κ1) is 18.1. The highest BCUT2D eigenvalue weighted by molar-refractivity contribution is 7.92. The van der Waals surface area contributed by atoms with Crippen LogP contribution in [0, 0.1) is 0 Å². The van der Waals surface area contributed by atoms with Gasteiger partial charge in [-0.2, -0.15) is 0 Å². The molecule has 5 nitrogen and oxygen atoms in total. The van der Waals surface area contributed by atoms with Gasteiger partial charge in [-0.25, -0.2) is 8.42 Å². The van der Waals surface area contributed by atoms with Crippen molar-refractivity contribution in [3.8, 4) is 0 Å². The van der Waals surface area contributed by atoms with Gasteiger partial charge in [-0.3, -0.25) is 9.10 Å². The summed E-state index contributed by atoms with van der Waals surface area (Å²) < 4.78 is 25.0. The molecular formula is C13H18Cl2N2O3S. The maximum Gasteiger partial charge on any atom is 0.232 e. The van der Waals surface area contributed by atoms with Gasteiger partial charge in [0.05, 0.1) is 17.0 Å². The lowest BCUT2D eigenvalue weighted by molar-refractivity contribution is -0.121. The molecular weight excluding hydrogens is 335 g/mol. The summed E-state index contributed by atoms with van der Waals surface area (Å²) in [7, 11) is -3.51. The average molecular weight is 353 g/mol. The van der Waals surface area contributed by atoms with Crippen molar-refractivity contribution >= 4 is 44.8 Å². The number of carbonyl (C=O) groups excluding carboxylic acids is 1. The molecule has 1 aromatic rings. The number of hydrogen-bond acceptors (Lipinski definition) is 3. The maximum absolute atomic E-state index is 11.9. The van der Waals surface area contributed by atoms with Crippen molar-refractivity contribution in [1.82, 2.24) is 5.32 Å². The molecule has 0 atom stereocenters. The van der Waals surface area contributed by atoms with Crippen LogP contribution in [-0.2, 0) is 14.8 Å². The predicted octanol–water partition coefficient (Wildman–Crippen LogP) is 2.68. The summed E-state index contributed by atoms with van der Waals surface area (Å²) in [6.45, 7) is 2.54. The zero-order chi connectivity index (χ0) is 16.0. The lowest BCUT2D eigenvalue weighted by atomic mass is 10.2. The van der Waals surface area contributed by atoms with Crippen LogP contribution in [0.5, 0.6) is 0 Å². The van der Waals surface area contributed by atoms with Crippen molar-refractivity contribution in [2.45, 2.75) is 19.8 Å². The Kier molecular flexibility index (Phi) is 6.77. The summed E-state index contributed by atoms with van der Waals surface area (Å²) in [5.74, 6) is -0.108. The van der Waals surface area contributed by atoms with Gasteiger partial charge in [0.25, 0.3) is 0 Å². The lowest BCUT2D eigenvalue weighted by Gasteiger charge is -2.23. The molecule has 0 aromatic heterocycles. The fourth-order valence-electron chi connectivity index (χ4n) is 1.81. The molecule has 0 fully saturated rings. The SMILES string of the molecule is CCNC(=O)CCCN(c1cc(Cl)ccc1Cl)S(C)(=O)=O. The largest absolute Gasteiger partial charge is 0.356 e. The Labute approximate surface area is 135 Å². The van der Waals surface area contributed by atoms with E-state index in [1.165, 1.54) is 10.4 Å². The number of carbonyl (C=O) groups is 1. The van der Waals surface area contributed by atoms with Gasteiger partial charge in [0.15, 0.2) is 0 Å². The van der Waals surface area contributed by atoms with Crippen LogP contribution >= 0.6 is 23.2 Å². The second kappa shape index (κ2) is 7.87. The van der Waals surface area contributed by atoms with Crippen LogP contribution in [-0.4, -0.2) is 33.7 Å². The number of hydrogen-bond donors (Lipinski definition) is 1. The third-order valence-electron chi connectivity index (χ3n) is 2.72. The first-order valence-corrected chi connectivity index (χ1v) is 9.05. The van der Waals surface area contributed by atoms with Gasteiger partial charge in [0, 0.05) is 24.5 Å². The molecule has 1 rings (SSSR count). The van der Waals surface area contributed by atoms with Crippen molar-refractivity contribution in [2.24, 2.45) is 0 Å².